The number of hydrogen-bond acceptors (Lipinski definition) is 6. The number of nitrogens with two attached hydrogens (primary N) is 1. The van der Waals surface area contributed by atoms with Gasteiger partial charge in [-0.25, -0.2) is 27.2 Å². The van der Waals surface area contributed by atoms with E-state index in [1.165, 1.54) is 18.3 Å². The number of methoxy groups -OCH3 is 1. The van der Waals surface area contributed by atoms with Crippen LogP contribution >= 0.6 is 0 Å². The van der Waals surface area contributed by atoms with E-state index in [1.807, 2.05) is 0 Å². The molecular formula is C21H22F2N4O3S. The van der Waals surface area contributed by atoms with Gasteiger partial charge in [0.2, 0.25) is 16.0 Å². The Morgan fingerprint density at radius 2 is 1.87 bits per heavy atom. The molecule has 0 spiro atoms. The summed E-state index contributed by atoms with van der Waals surface area (Å²) in [4.78, 5) is 7.96. The van der Waals surface area contributed by atoms with Crippen LogP contribution in [0.4, 0.5) is 20.4 Å². The Morgan fingerprint density at radius 3 is 2.58 bits per heavy atom. The molecule has 0 aliphatic heterocycles. The van der Waals surface area contributed by atoms with Crippen molar-refractivity contribution in [1.29, 1.82) is 0 Å². The number of aromatic nitrogens is 2. The SMILES string of the molecule is COC1CCC(S(=O)(=O)Nc2ccc(F)c(-c3ccc4nc(N)ncc4c3)c2F)CC1. The molecule has 0 bridgehead atoms. The lowest BCUT2D eigenvalue weighted by Crippen LogP contribution is -2.34. The van der Waals surface area contributed by atoms with Crippen molar-refractivity contribution in [2.45, 2.75) is 37.0 Å². The molecule has 0 atom stereocenters. The molecule has 31 heavy (non-hydrogen) atoms. The highest BCUT2D eigenvalue weighted by Crippen LogP contribution is 2.34. The number of hydrogen-bond donors (Lipinski definition) is 2. The second-order valence-corrected chi connectivity index (χ2v) is 9.53. The minimum atomic E-state index is -3.84. The van der Waals surface area contributed by atoms with Crippen LogP contribution in [0.3, 0.4) is 0 Å². The zero-order chi connectivity index (χ0) is 22.2. The van der Waals surface area contributed by atoms with Crippen molar-refractivity contribution in [3.05, 3.63) is 48.2 Å². The molecule has 0 radical (unpaired) electrons. The van der Waals surface area contributed by atoms with Crippen LogP contribution in [0, 0.1) is 11.6 Å². The number of nitrogen functional groups attached to an aromatic ring is 1. The van der Waals surface area contributed by atoms with Crippen molar-refractivity contribution < 1.29 is 21.9 Å². The Hall–Kier alpha value is -2.85. The number of anilines is 2. The highest BCUT2D eigenvalue weighted by molar-refractivity contribution is 7.93. The molecule has 0 saturated heterocycles. The third kappa shape index (κ3) is 4.31. The first-order chi connectivity index (χ1) is 14.8. The number of halogens is 2. The van der Waals surface area contributed by atoms with Gasteiger partial charge in [0, 0.05) is 18.7 Å². The number of nitrogens with zero attached hydrogens (tertiary/aromatic N) is 2. The molecule has 0 amide bonds. The van der Waals surface area contributed by atoms with Gasteiger partial charge in [0.1, 0.15) is 5.82 Å². The van der Waals surface area contributed by atoms with E-state index in [9.17, 15) is 12.8 Å². The Balaban J connectivity index is 1.66. The standard InChI is InChI=1S/C21H22F2N4O3S/c1-30-14-3-5-15(6-4-14)31(28,29)27-18-9-7-16(22)19(20(18)23)12-2-8-17-13(10-12)11-25-21(24)26-17/h2,7-11,14-15,27H,3-6H2,1H3,(H2,24,25,26). The Bertz CT molecular complexity index is 1230. The smallest absolute Gasteiger partial charge is 0.235 e. The predicted octanol–water partition coefficient (Wildman–Crippen LogP) is 3.86. The van der Waals surface area contributed by atoms with Gasteiger partial charge in [-0.2, -0.15) is 0 Å². The zero-order valence-electron chi connectivity index (χ0n) is 16.8. The first kappa shape index (κ1) is 21.4. The van der Waals surface area contributed by atoms with E-state index in [4.69, 9.17) is 10.5 Å². The van der Waals surface area contributed by atoms with Crippen LogP contribution in [0.2, 0.25) is 0 Å². The first-order valence-electron chi connectivity index (χ1n) is 9.83. The third-order valence-electron chi connectivity index (χ3n) is 5.62. The van der Waals surface area contributed by atoms with E-state index < -0.39 is 26.9 Å². The predicted molar refractivity (Wildman–Crippen MR) is 115 cm³/mol. The summed E-state index contributed by atoms with van der Waals surface area (Å²) in [5.41, 5.74) is 5.70. The Kier molecular flexibility index (Phi) is 5.76. The fraction of sp³-hybridized carbons (Fsp3) is 0.333. The maximum absolute atomic E-state index is 15.3. The quantitative estimate of drug-likeness (QED) is 0.614. The van der Waals surface area contributed by atoms with Gasteiger partial charge < -0.3 is 10.5 Å². The minimum Gasteiger partial charge on any atom is -0.381 e. The van der Waals surface area contributed by atoms with E-state index in [-0.39, 0.29) is 28.9 Å². The maximum Gasteiger partial charge on any atom is 0.235 e. The van der Waals surface area contributed by atoms with Gasteiger partial charge in [-0.1, -0.05) is 6.07 Å². The van der Waals surface area contributed by atoms with Crippen LogP contribution in [-0.2, 0) is 14.8 Å². The molecule has 2 aromatic carbocycles. The van der Waals surface area contributed by atoms with Crippen LogP contribution in [0.25, 0.3) is 22.0 Å². The highest BCUT2D eigenvalue weighted by atomic mass is 32.2. The van der Waals surface area contributed by atoms with E-state index in [0.29, 0.717) is 36.6 Å². The van der Waals surface area contributed by atoms with Gasteiger partial charge in [-0.05, 0) is 55.5 Å². The molecule has 1 aliphatic carbocycles. The van der Waals surface area contributed by atoms with E-state index in [1.54, 1.807) is 13.2 Å². The molecule has 10 heteroatoms. The van der Waals surface area contributed by atoms with Gasteiger partial charge in [0.15, 0.2) is 5.82 Å². The van der Waals surface area contributed by atoms with Crippen LogP contribution in [0.15, 0.2) is 36.5 Å². The Labute approximate surface area is 178 Å². The zero-order valence-corrected chi connectivity index (χ0v) is 17.6. The summed E-state index contributed by atoms with van der Waals surface area (Å²) in [6, 6.07) is 6.74. The number of rotatable bonds is 5. The number of nitrogens with one attached hydrogen (secondary N) is 1. The minimum absolute atomic E-state index is 0.0350. The fourth-order valence-corrected chi connectivity index (χ4v) is 5.44. The summed E-state index contributed by atoms with van der Waals surface area (Å²) >= 11 is 0. The average molecular weight is 448 g/mol. The lowest BCUT2D eigenvalue weighted by Gasteiger charge is -2.27. The normalized spacial score (nSPS) is 19.5. The fourth-order valence-electron chi connectivity index (χ4n) is 3.91. The molecule has 3 N–H and O–H groups in total. The highest BCUT2D eigenvalue weighted by Gasteiger charge is 2.32. The summed E-state index contributed by atoms with van der Waals surface area (Å²) in [6.45, 7) is 0. The van der Waals surface area contributed by atoms with Crippen molar-refractivity contribution in [3.63, 3.8) is 0 Å². The lowest BCUT2D eigenvalue weighted by atomic mass is 9.97. The van der Waals surface area contributed by atoms with E-state index in [0.717, 1.165) is 12.1 Å². The number of ether oxygens (including phenoxy) is 1. The molecule has 4 rings (SSSR count). The number of sulfonamides is 1. The molecular weight excluding hydrogens is 426 g/mol. The molecule has 1 aliphatic rings. The lowest BCUT2D eigenvalue weighted by molar-refractivity contribution is 0.0717. The van der Waals surface area contributed by atoms with Gasteiger partial charge in [-0.3, -0.25) is 4.72 Å². The van der Waals surface area contributed by atoms with Gasteiger partial charge in [-0.15, -0.1) is 0 Å². The molecule has 0 unspecified atom stereocenters. The van der Waals surface area contributed by atoms with Crippen molar-refractivity contribution >= 4 is 32.6 Å². The molecule has 7 nitrogen and oxygen atoms in total. The van der Waals surface area contributed by atoms with Gasteiger partial charge >= 0.3 is 0 Å². The second-order valence-electron chi connectivity index (χ2n) is 7.57. The van der Waals surface area contributed by atoms with Crippen LogP contribution in [0.1, 0.15) is 25.7 Å². The van der Waals surface area contributed by atoms with Gasteiger partial charge in [0.05, 0.1) is 28.1 Å². The average Bonchev–Trinajstić information content (AvgIpc) is 2.76. The summed E-state index contributed by atoms with van der Waals surface area (Å²) < 4.78 is 63.0. The summed E-state index contributed by atoms with van der Waals surface area (Å²) in [6.07, 6.45) is 3.55. The monoisotopic (exact) mass is 448 g/mol. The van der Waals surface area contributed by atoms with Crippen LogP contribution in [-0.4, -0.2) is 36.8 Å². The summed E-state index contributed by atoms with van der Waals surface area (Å²) in [7, 11) is -2.25. The van der Waals surface area contributed by atoms with E-state index >= 15 is 4.39 Å². The second kappa shape index (κ2) is 8.35. The summed E-state index contributed by atoms with van der Waals surface area (Å²) in [5.74, 6) is -1.70. The molecule has 164 valence electrons. The van der Waals surface area contributed by atoms with Crippen LogP contribution in [0.5, 0.6) is 0 Å². The largest absolute Gasteiger partial charge is 0.381 e. The first-order valence-corrected chi connectivity index (χ1v) is 11.4. The molecule has 1 saturated carbocycles. The van der Waals surface area contributed by atoms with Crippen molar-refractivity contribution in [1.82, 2.24) is 9.97 Å². The molecule has 1 aromatic heterocycles. The van der Waals surface area contributed by atoms with Crippen molar-refractivity contribution in [3.8, 4) is 11.1 Å². The topological polar surface area (TPSA) is 107 Å². The van der Waals surface area contributed by atoms with E-state index in [2.05, 4.69) is 14.7 Å². The van der Waals surface area contributed by atoms with Crippen LogP contribution < -0.4 is 10.5 Å². The molecule has 1 fully saturated rings. The Morgan fingerprint density at radius 1 is 1.13 bits per heavy atom. The maximum atomic E-state index is 15.3. The number of fused-ring (bicyclic) bond motifs is 1. The molecule has 1 heterocycles. The van der Waals surface area contributed by atoms with Crippen molar-refractivity contribution in [2.24, 2.45) is 0 Å². The van der Waals surface area contributed by atoms with Gasteiger partial charge in [0.25, 0.3) is 0 Å². The summed E-state index contributed by atoms with van der Waals surface area (Å²) in [5, 5.41) is -0.110. The van der Waals surface area contributed by atoms with Crippen molar-refractivity contribution in [2.75, 3.05) is 17.6 Å². The third-order valence-corrected chi connectivity index (χ3v) is 7.48. The number of benzene rings is 2. The molecule has 3 aromatic rings.